The summed E-state index contributed by atoms with van der Waals surface area (Å²) in [6.45, 7) is 7.02. The summed E-state index contributed by atoms with van der Waals surface area (Å²) in [6, 6.07) is 16.0. The van der Waals surface area contributed by atoms with Gasteiger partial charge in [-0.05, 0) is 29.2 Å². The van der Waals surface area contributed by atoms with Gasteiger partial charge in [-0.2, -0.15) is 0 Å². The molecule has 0 spiro atoms. The lowest BCUT2D eigenvalue weighted by molar-refractivity contribution is 0.168. The maximum Gasteiger partial charge on any atom is 0.411 e. The van der Waals surface area contributed by atoms with Crippen LogP contribution in [0.25, 0.3) is 11.1 Å². The summed E-state index contributed by atoms with van der Waals surface area (Å²) in [7, 11) is -2.83. The predicted octanol–water partition coefficient (Wildman–Crippen LogP) is 6.54. The van der Waals surface area contributed by atoms with Crippen LogP contribution < -0.4 is 0 Å². The van der Waals surface area contributed by atoms with Crippen molar-refractivity contribution in [1.82, 2.24) is 0 Å². The maximum atomic E-state index is 12.9. The normalized spacial score (nSPS) is 16.6. The summed E-state index contributed by atoms with van der Waals surface area (Å²) in [4.78, 5) is 22.3. The number of hydrogen-bond acceptors (Lipinski definition) is 5. The molecule has 2 aromatic carbocycles. The molecule has 0 saturated carbocycles. The summed E-state index contributed by atoms with van der Waals surface area (Å²) in [5.74, 6) is -0.843. The summed E-state index contributed by atoms with van der Waals surface area (Å²) < 4.78 is 29.6. The summed E-state index contributed by atoms with van der Waals surface area (Å²) in [5.41, 5.74) is 4.38. The Morgan fingerprint density at radius 2 is 1.53 bits per heavy atom. The number of rotatable bonds is 7. The minimum Gasteiger partial charge on any atom is -0.472 e. The minimum absolute atomic E-state index is 0.0869. The van der Waals surface area contributed by atoms with Crippen molar-refractivity contribution in [3.05, 3.63) is 59.7 Å². The first kappa shape index (κ1) is 23.2. The molecule has 0 fully saturated rings. The maximum absolute atomic E-state index is 12.9. The van der Waals surface area contributed by atoms with Crippen LogP contribution in [-0.2, 0) is 13.9 Å². The summed E-state index contributed by atoms with van der Waals surface area (Å²) in [5, 5.41) is -0.589. The molecule has 0 saturated heterocycles. The zero-order chi connectivity index (χ0) is 22.1. The molecule has 2 unspecified atom stereocenters. The van der Waals surface area contributed by atoms with Crippen molar-refractivity contribution in [1.29, 1.82) is 0 Å². The van der Waals surface area contributed by atoms with E-state index in [0.717, 1.165) is 22.3 Å². The minimum atomic E-state index is -1.88. The van der Waals surface area contributed by atoms with Gasteiger partial charge in [-0.25, -0.2) is 0 Å². The zero-order valence-electron chi connectivity index (χ0n) is 17.4. The van der Waals surface area contributed by atoms with Gasteiger partial charge < -0.3 is 9.63 Å². The van der Waals surface area contributed by atoms with Crippen LogP contribution in [0.1, 0.15) is 44.7 Å². The fraction of sp³-hybridized carbons (Fsp3) is 0.381. The zero-order valence-corrected chi connectivity index (χ0v) is 20.1. The second-order valence-electron chi connectivity index (χ2n) is 8.53. The highest BCUT2D eigenvalue weighted by Crippen LogP contribution is 2.63. The Morgan fingerprint density at radius 1 is 1.03 bits per heavy atom. The van der Waals surface area contributed by atoms with Crippen LogP contribution in [0.15, 0.2) is 48.5 Å². The van der Waals surface area contributed by atoms with Gasteiger partial charge in [-0.3, -0.25) is 13.9 Å². The highest BCUT2D eigenvalue weighted by atomic mass is 31.2. The Morgan fingerprint density at radius 3 is 1.97 bits per heavy atom. The number of benzene rings is 2. The molecule has 5 nitrogen and oxygen atoms in total. The fourth-order valence-corrected chi connectivity index (χ4v) is 8.16. The van der Waals surface area contributed by atoms with Crippen molar-refractivity contribution in [3.8, 4) is 11.1 Å². The van der Waals surface area contributed by atoms with Crippen molar-refractivity contribution < 1.29 is 23.6 Å². The molecule has 0 aromatic heterocycles. The molecular weight excluding hydrogens is 436 g/mol. The molecule has 2 atom stereocenters. The van der Waals surface area contributed by atoms with Crippen LogP contribution in [0.5, 0.6) is 0 Å². The van der Waals surface area contributed by atoms with Gasteiger partial charge in [0.15, 0.2) is 8.46 Å². The molecular formula is C21H24BO5P3. The Labute approximate surface area is 181 Å². The van der Waals surface area contributed by atoms with Gasteiger partial charge in [0.25, 0.3) is 5.87 Å². The molecule has 1 aliphatic rings. The predicted molar refractivity (Wildman–Crippen MR) is 123 cm³/mol. The van der Waals surface area contributed by atoms with E-state index < -0.39 is 47.2 Å². The largest absolute Gasteiger partial charge is 0.472 e. The molecule has 2 aromatic rings. The highest BCUT2D eigenvalue weighted by molar-refractivity contribution is 7.84. The molecule has 0 aliphatic heterocycles. The molecule has 156 valence electrons. The van der Waals surface area contributed by atoms with Crippen molar-refractivity contribution in [2.24, 2.45) is 0 Å². The SMILES string of the molecule is CC(C)(C)P(O)C(C)(P=O)B(P=O)C(=O)OCC1c2ccccc2-c2ccccc21. The van der Waals surface area contributed by atoms with E-state index in [-0.39, 0.29) is 12.5 Å². The standard InChI is InChI=1S/C21H24BO5P3/c1-20(2,3)30(26)21(4,28-24)22(29-25)19(23)27-13-18-16-11-7-5-9-14(16)15-10-6-8-12-17(15)18/h5-12,18,26H,13H2,1-4H3. The van der Waals surface area contributed by atoms with Gasteiger partial charge in [0, 0.05) is 19.2 Å². The van der Waals surface area contributed by atoms with Gasteiger partial charge in [0.05, 0.1) is 4.80 Å². The van der Waals surface area contributed by atoms with E-state index in [1.807, 2.05) is 48.5 Å². The number of fused-ring (bicyclic) bond motifs is 3. The average molecular weight is 460 g/mol. The lowest BCUT2D eigenvalue weighted by Gasteiger charge is -2.37. The third-order valence-corrected chi connectivity index (χ3v) is 10.6. The third-order valence-electron chi connectivity index (χ3n) is 5.45. The van der Waals surface area contributed by atoms with Crippen LogP contribution in [0.2, 0.25) is 0 Å². The van der Waals surface area contributed by atoms with Gasteiger partial charge >= 0.3 is 6.43 Å². The van der Waals surface area contributed by atoms with Gasteiger partial charge in [-0.1, -0.05) is 69.3 Å². The van der Waals surface area contributed by atoms with Crippen molar-refractivity contribution in [3.63, 3.8) is 0 Å². The number of carbonyl (C=O) groups is 1. The van der Waals surface area contributed by atoms with Crippen LogP contribution in [0.3, 0.4) is 0 Å². The third kappa shape index (κ3) is 4.16. The van der Waals surface area contributed by atoms with Gasteiger partial charge in [0.2, 0.25) is 0 Å². The van der Waals surface area contributed by atoms with E-state index in [0.29, 0.717) is 0 Å². The van der Waals surface area contributed by atoms with Crippen molar-refractivity contribution in [2.45, 2.75) is 43.6 Å². The first-order valence-electron chi connectivity index (χ1n) is 9.66. The van der Waals surface area contributed by atoms with E-state index in [9.17, 15) is 18.8 Å². The van der Waals surface area contributed by atoms with Crippen molar-refractivity contribution >= 4 is 37.2 Å². The second-order valence-corrected chi connectivity index (χ2v) is 13.6. The number of carbonyl (C=O) groups excluding carboxylic acids is 1. The van der Waals surface area contributed by atoms with Crippen LogP contribution in [-0.4, -0.2) is 33.8 Å². The first-order valence-corrected chi connectivity index (χ1v) is 12.6. The first-order chi connectivity index (χ1) is 14.1. The Balaban J connectivity index is 1.84. The molecule has 30 heavy (non-hydrogen) atoms. The molecule has 3 rings (SSSR count). The molecule has 0 bridgehead atoms. The van der Waals surface area contributed by atoms with Gasteiger partial charge in [-0.15, -0.1) is 0 Å². The van der Waals surface area contributed by atoms with Crippen LogP contribution >= 0.6 is 24.9 Å². The van der Waals surface area contributed by atoms with E-state index in [1.54, 1.807) is 20.8 Å². The topological polar surface area (TPSA) is 80.7 Å². The van der Waals surface area contributed by atoms with Crippen LogP contribution in [0, 0.1) is 0 Å². The Bertz CT molecular complexity index is 932. The van der Waals surface area contributed by atoms with Crippen molar-refractivity contribution in [2.75, 3.05) is 6.61 Å². The van der Waals surface area contributed by atoms with E-state index in [4.69, 9.17) is 4.74 Å². The molecule has 0 radical (unpaired) electrons. The number of hydrogen-bond donors (Lipinski definition) is 1. The molecule has 1 aliphatic carbocycles. The monoisotopic (exact) mass is 460 g/mol. The van der Waals surface area contributed by atoms with E-state index in [2.05, 4.69) is 0 Å². The van der Waals surface area contributed by atoms with Crippen LogP contribution in [0.4, 0.5) is 4.79 Å². The quantitative estimate of drug-likeness (QED) is 0.375. The lowest BCUT2D eigenvalue weighted by Crippen LogP contribution is -2.43. The Hall–Kier alpha value is -1.44. The molecule has 1 N–H and O–H groups in total. The molecule has 9 heteroatoms. The van der Waals surface area contributed by atoms with E-state index in [1.165, 1.54) is 6.92 Å². The smallest absolute Gasteiger partial charge is 0.411 e. The summed E-state index contributed by atoms with van der Waals surface area (Å²) >= 11 is 0. The highest BCUT2D eigenvalue weighted by Gasteiger charge is 2.55. The molecule has 0 amide bonds. The van der Waals surface area contributed by atoms with E-state index >= 15 is 0 Å². The van der Waals surface area contributed by atoms with Gasteiger partial charge in [0.1, 0.15) is 14.9 Å². The Kier molecular flexibility index (Phi) is 6.95. The second kappa shape index (κ2) is 8.97. The number of ether oxygens (including phenoxy) is 1. The molecule has 0 heterocycles. The fourth-order valence-electron chi connectivity index (χ4n) is 3.93. The average Bonchev–Trinajstić information content (AvgIpc) is 3.05. The summed E-state index contributed by atoms with van der Waals surface area (Å²) in [6.07, 6.45) is -1.22. The lowest BCUT2D eigenvalue weighted by atomic mass is 9.71.